The lowest BCUT2D eigenvalue weighted by Crippen LogP contribution is -2.29. The lowest BCUT2D eigenvalue weighted by atomic mass is 9.85. The number of halogens is 2. The molecule has 1 N–H and O–H groups in total. The minimum Gasteiger partial charge on any atom is -0.507 e. The molecule has 1 aliphatic heterocycles. The maximum absolute atomic E-state index is 13.8. The fourth-order valence-electron chi connectivity index (χ4n) is 4.37. The maximum atomic E-state index is 13.8. The third kappa shape index (κ3) is 4.79. The van der Waals surface area contributed by atoms with Crippen molar-refractivity contribution in [3.63, 3.8) is 0 Å². The van der Waals surface area contributed by atoms with Gasteiger partial charge in [0.15, 0.2) is 0 Å². The van der Waals surface area contributed by atoms with Gasteiger partial charge >= 0.3 is 0 Å². The lowest BCUT2D eigenvalue weighted by Gasteiger charge is -2.26. The van der Waals surface area contributed by atoms with E-state index in [0.717, 1.165) is 5.56 Å². The van der Waals surface area contributed by atoms with Crippen LogP contribution in [-0.2, 0) is 15.0 Å². The van der Waals surface area contributed by atoms with E-state index in [-0.39, 0.29) is 21.6 Å². The van der Waals surface area contributed by atoms with Gasteiger partial charge in [-0.2, -0.15) is 0 Å². The molecule has 3 aromatic rings. The van der Waals surface area contributed by atoms with Gasteiger partial charge < -0.3 is 14.6 Å². The van der Waals surface area contributed by atoms with Crippen LogP contribution in [0, 0.1) is 5.82 Å². The summed E-state index contributed by atoms with van der Waals surface area (Å²) in [5, 5.41) is 11.8. The average molecular weight is 524 g/mol. The SMILES string of the molecule is COc1ccc(N2C(=O)C(=O)/C(=C(/O)c3cc(C(C)(C)C)ccc3OC)C2c2ccc(F)cc2)cc1Cl. The van der Waals surface area contributed by atoms with Gasteiger partial charge in [-0.1, -0.05) is 50.6 Å². The smallest absolute Gasteiger partial charge is 0.300 e. The van der Waals surface area contributed by atoms with E-state index < -0.39 is 29.3 Å². The van der Waals surface area contributed by atoms with Crippen LogP contribution >= 0.6 is 11.6 Å². The zero-order valence-electron chi connectivity index (χ0n) is 21.1. The van der Waals surface area contributed by atoms with Crippen LogP contribution in [0.2, 0.25) is 5.02 Å². The normalized spacial score (nSPS) is 17.3. The topological polar surface area (TPSA) is 76.1 Å². The van der Waals surface area contributed by atoms with Crippen molar-refractivity contribution >= 4 is 34.7 Å². The molecule has 1 fully saturated rings. The highest BCUT2D eigenvalue weighted by Crippen LogP contribution is 2.45. The van der Waals surface area contributed by atoms with E-state index in [4.69, 9.17) is 21.1 Å². The number of aliphatic hydroxyl groups excluding tert-OH is 1. The van der Waals surface area contributed by atoms with Crippen LogP contribution in [0.15, 0.2) is 66.2 Å². The van der Waals surface area contributed by atoms with Gasteiger partial charge in [-0.25, -0.2) is 4.39 Å². The largest absolute Gasteiger partial charge is 0.507 e. The van der Waals surface area contributed by atoms with E-state index in [1.807, 2.05) is 26.8 Å². The van der Waals surface area contributed by atoms with Crippen LogP contribution in [0.3, 0.4) is 0 Å². The summed E-state index contributed by atoms with van der Waals surface area (Å²) in [5.41, 5.74) is 1.51. The first-order valence-corrected chi connectivity index (χ1v) is 11.9. The minimum absolute atomic E-state index is 0.145. The molecular weight excluding hydrogens is 497 g/mol. The molecule has 1 unspecified atom stereocenters. The van der Waals surface area contributed by atoms with Crippen LogP contribution in [0.1, 0.15) is 43.5 Å². The van der Waals surface area contributed by atoms with E-state index in [1.165, 1.54) is 49.5 Å². The van der Waals surface area contributed by atoms with Crippen LogP contribution in [0.25, 0.3) is 5.76 Å². The molecule has 3 aromatic carbocycles. The Morgan fingerprint density at radius 3 is 2.14 bits per heavy atom. The van der Waals surface area contributed by atoms with Gasteiger partial charge in [0.2, 0.25) is 0 Å². The van der Waals surface area contributed by atoms with Crippen LogP contribution in [0.4, 0.5) is 10.1 Å². The highest BCUT2D eigenvalue weighted by Gasteiger charge is 2.47. The van der Waals surface area contributed by atoms with E-state index in [9.17, 15) is 19.1 Å². The second-order valence-electron chi connectivity index (χ2n) is 9.70. The van der Waals surface area contributed by atoms with Crippen molar-refractivity contribution in [1.29, 1.82) is 0 Å². The first kappa shape index (κ1) is 26.2. The molecule has 0 saturated carbocycles. The number of hydrogen-bond donors (Lipinski definition) is 1. The van der Waals surface area contributed by atoms with Crippen molar-refractivity contribution in [2.45, 2.75) is 32.2 Å². The Labute approximate surface area is 219 Å². The number of hydrogen-bond acceptors (Lipinski definition) is 5. The summed E-state index contributed by atoms with van der Waals surface area (Å²) < 4.78 is 24.5. The average Bonchev–Trinajstić information content (AvgIpc) is 3.13. The molecule has 1 saturated heterocycles. The molecule has 37 heavy (non-hydrogen) atoms. The zero-order chi connectivity index (χ0) is 27.1. The second kappa shape index (κ2) is 9.90. The Morgan fingerprint density at radius 2 is 1.57 bits per heavy atom. The van der Waals surface area contributed by atoms with Gasteiger partial charge in [0.25, 0.3) is 11.7 Å². The Morgan fingerprint density at radius 1 is 0.946 bits per heavy atom. The molecule has 1 heterocycles. The van der Waals surface area contributed by atoms with Gasteiger partial charge in [-0.05, 0) is 59.0 Å². The summed E-state index contributed by atoms with van der Waals surface area (Å²) in [5.74, 6) is -1.89. The predicted molar refractivity (Wildman–Crippen MR) is 141 cm³/mol. The number of benzene rings is 3. The van der Waals surface area contributed by atoms with Crippen molar-refractivity contribution in [1.82, 2.24) is 0 Å². The van der Waals surface area contributed by atoms with Crippen LogP contribution < -0.4 is 14.4 Å². The number of carbonyl (C=O) groups excluding carboxylic acids is 2. The fourth-order valence-corrected chi connectivity index (χ4v) is 4.62. The number of Topliss-reactive ketones (excluding diaryl/α,β-unsaturated/α-hetero) is 1. The van der Waals surface area contributed by atoms with E-state index >= 15 is 0 Å². The molecule has 0 aromatic heterocycles. The minimum atomic E-state index is -1.05. The Balaban J connectivity index is 1.99. The first-order chi connectivity index (χ1) is 17.5. The van der Waals surface area contributed by atoms with E-state index in [2.05, 4.69) is 0 Å². The number of anilines is 1. The van der Waals surface area contributed by atoms with Crippen molar-refractivity contribution in [2.75, 3.05) is 19.1 Å². The standard InChI is InChI=1S/C29H27ClFNO5/c1-29(2,3)17-8-12-22(36-4)20(14-17)26(33)24-25(16-6-9-18(31)10-7-16)32(28(35)27(24)34)19-11-13-23(37-5)21(30)15-19/h6-15,25,33H,1-5H3/b26-24+. The Kier molecular flexibility index (Phi) is 7.02. The van der Waals surface area contributed by atoms with Crippen LogP contribution in [-0.4, -0.2) is 31.0 Å². The van der Waals surface area contributed by atoms with Gasteiger partial charge in [0, 0.05) is 5.69 Å². The van der Waals surface area contributed by atoms with Gasteiger partial charge in [-0.15, -0.1) is 0 Å². The maximum Gasteiger partial charge on any atom is 0.300 e. The van der Waals surface area contributed by atoms with E-state index in [1.54, 1.807) is 24.3 Å². The van der Waals surface area contributed by atoms with E-state index in [0.29, 0.717) is 22.7 Å². The van der Waals surface area contributed by atoms with Gasteiger partial charge in [-0.3, -0.25) is 14.5 Å². The summed E-state index contributed by atoms with van der Waals surface area (Å²) >= 11 is 6.33. The number of ether oxygens (including phenoxy) is 2. The quantitative estimate of drug-likeness (QED) is 0.237. The number of ketones is 1. The Hall–Kier alpha value is -3.84. The predicted octanol–water partition coefficient (Wildman–Crippen LogP) is 6.42. The monoisotopic (exact) mass is 523 g/mol. The highest BCUT2D eigenvalue weighted by molar-refractivity contribution is 6.52. The lowest BCUT2D eigenvalue weighted by molar-refractivity contribution is -0.132. The van der Waals surface area contributed by atoms with Gasteiger partial charge in [0.1, 0.15) is 23.1 Å². The highest BCUT2D eigenvalue weighted by atomic mass is 35.5. The van der Waals surface area contributed by atoms with Crippen LogP contribution in [0.5, 0.6) is 11.5 Å². The zero-order valence-corrected chi connectivity index (χ0v) is 21.9. The molecule has 6 nitrogen and oxygen atoms in total. The molecule has 0 spiro atoms. The third-order valence-electron chi connectivity index (χ3n) is 6.36. The number of aliphatic hydroxyl groups is 1. The summed E-state index contributed by atoms with van der Waals surface area (Å²) in [6, 6.07) is 14.4. The molecule has 1 amide bonds. The molecule has 1 atom stereocenters. The van der Waals surface area contributed by atoms with Gasteiger partial charge in [0.05, 0.1) is 36.4 Å². The summed E-state index contributed by atoms with van der Waals surface area (Å²) in [6.45, 7) is 6.05. The fraction of sp³-hybridized carbons (Fsp3) is 0.241. The van der Waals surface area contributed by atoms with Crippen molar-refractivity contribution in [3.8, 4) is 11.5 Å². The third-order valence-corrected chi connectivity index (χ3v) is 6.66. The molecule has 0 aliphatic carbocycles. The molecular formula is C29H27ClFNO5. The molecule has 0 radical (unpaired) electrons. The second-order valence-corrected chi connectivity index (χ2v) is 10.1. The number of amides is 1. The summed E-state index contributed by atoms with van der Waals surface area (Å²) in [7, 11) is 2.92. The Bertz CT molecular complexity index is 1410. The number of nitrogens with zero attached hydrogens (tertiary/aromatic N) is 1. The summed E-state index contributed by atoms with van der Waals surface area (Å²) in [6.07, 6.45) is 0. The molecule has 8 heteroatoms. The molecule has 192 valence electrons. The molecule has 1 aliphatic rings. The number of methoxy groups -OCH3 is 2. The molecule has 0 bridgehead atoms. The summed E-state index contributed by atoms with van der Waals surface area (Å²) in [4.78, 5) is 28.1. The van der Waals surface area contributed by atoms with Crippen molar-refractivity contribution in [3.05, 3.63) is 93.8 Å². The first-order valence-electron chi connectivity index (χ1n) is 11.6. The van der Waals surface area contributed by atoms with Crippen molar-refractivity contribution < 1.29 is 28.6 Å². The molecule has 4 rings (SSSR count). The number of rotatable bonds is 5. The number of carbonyl (C=O) groups is 2. The van der Waals surface area contributed by atoms with Crippen molar-refractivity contribution in [2.24, 2.45) is 0 Å².